The topological polar surface area (TPSA) is 94.2 Å². The molecule has 0 radical (unpaired) electrons. The lowest BCUT2D eigenvalue weighted by Crippen LogP contribution is -2.39. The molecular formula is C18H22N2O6. The number of hydrogen-bond donors (Lipinski definition) is 1. The molecule has 1 aromatic carbocycles. The zero-order valence-corrected chi connectivity index (χ0v) is 15.3. The van der Waals surface area contributed by atoms with Gasteiger partial charge in [-0.1, -0.05) is 6.07 Å². The first-order chi connectivity index (χ1) is 12.5. The van der Waals surface area contributed by atoms with E-state index in [1.54, 1.807) is 25.1 Å². The van der Waals surface area contributed by atoms with Crippen LogP contribution < -0.4 is 10.2 Å². The molecule has 2 rings (SSSR count). The fraction of sp³-hybridized carbons (Fsp3) is 0.389. The molecule has 8 heteroatoms. The Morgan fingerprint density at radius 2 is 1.88 bits per heavy atom. The number of esters is 2. The Labute approximate surface area is 151 Å². The predicted molar refractivity (Wildman–Crippen MR) is 93.5 cm³/mol. The number of nitrogens with one attached hydrogen (secondary N) is 1. The van der Waals surface area contributed by atoms with Crippen molar-refractivity contribution in [3.63, 3.8) is 0 Å². The minimum absolute atomic E-state index is 0.0324. The average molecular weight is 362 g/mol. The van der Waals surface area contributed by atoms with Gasteiger partial charge in [0.15, 0.2) is 0 Å². The summed E-state index contributed by atoms with van der Waals surface area (Å²) in [5, 5.41) is 2.75. The number of carbonyl (C=O) groups excluding carboxylic acids is 3. The molecule has 1 N–H and O–H groups in total. The Balaban J connectivity index is 2.58. The van der Waals surface area contributed by atoms with Gasteiger partial charge in [0, 0.05) is 17.8 Å². The summed E-state index contributed by atoms with van der Waals surface area (Å²) in [7, 11) is 2.46. The molecule has 0 spiro atoms. The highest BCUT2D eigenvalue weighted by molar-refractivity contribution is 6.04. The number of carbonyl (C=O) groups is 3. The van der Waals surface area contributed by atoms with E-state index in [0.717, 1.165) is 0 Å². The number of amides is 1. The van der Waals surface area contributed by atoms with Gasteiger partial charge in [0.2, 0.25) is 0 Å². The van der Waals surface area contributed by atoms with Crippen LogP contribution in [0.15, 0.2) is 29.5 Å². The minimum atomic E-state index is -0.684. The number of ether oxygens (including phenoxy) is 3. The Bertz CT molecular complexity index is 756. The Hall–Kier alpha value is -2.87. The molecule has 1 heterocycles. The number of methoxy groups -OCH3 is 2. The standard InChI is InChI=1S/C18H22N2O6/c1-5-19-16(21)12-7-6-8-14(11(12)2)20-10-26-9-13(17(22)24-3)15(20)18(23)25-4/h6-8H,5,9-10H2,1-4H3,(H,19,21). The van der Waals surface area contributed by atoms with Crippen LogP contribution in [0.3, 0.4) is 0 Å². The molecule has 0 atom stereocenters. The van der Waals surface area contributed by atoms with Crippen LogP contribution in [0, 0.1) is 6.92 Å². The van der Waals surface area contributed by atoms with E-state index >= 15 is 0 Å². The third-order valence-electron chi connectivity index (χ3n) is 4.01. The first-order valence-corrected chi connectivity index (χ1v) is 8.09. The summed E-state index contributed by atoms with van der Waals surface area (Å²) >= 11 is 0. The summed E-state index contributed by atoms with van der Waals surface area (Å²) in [6, 6.07) is 5.14. The number of benzene rings is 1. The van der Waals surface area contributed by atoms with Crippen LogP contribution in [-0.2, 0) is 23.8 Å². The lowest BCUT2D eigenvalue weighted by molar-refractivity contribution is -0.140. The number of rotatable bonds is 5. The number of hydrogen-bond acceptors (Lipinski definition) is 7. The van der Waals surface area contributed by atoms with Gasteiger partial charge >= 0.3 is 11.9 Å². The van der Waals surface area contributed by atoms with Crippen LogP contribution in [-0.4, -0.2) is 51.9 Å². The quantitative estimate of drug-likeness (QED) is 0.785. The highest BCUT2D eigenvalue weighted by Crippen LogP contribution is 2.30. The van der Waals surface area contributed by atoms with Gasteiger partial charge in [-0.2, -0.15) is 0 Å². The molecule has 0 bridgehead atoms. The first-order valence-electron chi connectivity index (χ1n) is 8.09. The molecule has 0 saturated carbocycles. The molecule has 140 valence electrons. The monoisotopic (exact) mass is 362 g/mol. The van der Waals surface area contributed by atoms with Crippen molar-refractivity contribution in [2.45, 2.75) is 13.8 Å². The smallest absolute Gasteiger partial charge is 0.355 e. The maximum Gasteiger partial charge on any atom is 0.355 e. The highest BCUT2D eigenvalue weighted by atomic mass is 16.5. The van der Waals surface area contributed by atoms with Crippen molar-refractivity contribution in [3.8, 4) is 0 Å². The van der Waals surface area contributed by atoms with E-state index in [1.165, 1.54) is 19.1 Å². The third-order valence-corrected chi connectivity index (χ3v) is 4.01. The summed E-state index contributed by atoms with van der Waals surface area (Å²) in [4.78, 5) is 38.2. The average Bonchev–Trinajstić information content (AvgIpc) is 2.66. The second kappa shape index (κ2) is 8.48. The molecule has 26 heavy (non-hydrogen) atoms. The molecule has 0 saturated heterocycles. The van der Waals surface area contributed by atoms with E-state index in [1.807, 2.05) is 6.92 Å². The molecule has 0 unspecified atom stereocenters. The van der Waals surface area contributed by atoms with Crippen molar-refractivity contribution in [1.82, 2.24) is 5.32 Å². The van der Waals surface area contributed by atoms with Crippen molar-refractivity contribution in [2.24, 2.45) is 0 Å². The molecule has 0 aromatic heterocycles. The third kappa shape index (κ3) is 3.70. The predicted octanol–water partition coefficient (Wildman–Crippen LogP) is 1.14. The summed E-state index contributed by atoms with van der Waals surface area (Å²) in [6.45, 7) is 4.06. The van der Waals surface area contributed by atoms with Crippen molar-refractivity contribution >= 4 is 23.5 Å². The van der Waals surface area contributed by atoms with Gasteiger partial charge < -0.3 is 24.4 Å². The molecule has 1 aliphatic rings. The molecule has 1 aliphatic heterocycles. The normalized spacial score (nSPS) is 14.1. The zero-order chi connectivity index (χ0) is 19.3. The van der Waals surface area contributed by atoms with Crippen molar-refractivity contribution in [1.29, 1.82) is 0 Å². The van der Waals surface area contributed by atoms with Crippen molar-refractivity contribution in [3.05, 3.63) is 40.6 Å². The second-order valence-corrected chi connectivity index (χ2v) is 5.53. The molecule has 1 aromatic rings. The van der Waals surface area contributed by atoms with Crippen LogP contribution in [0.2, 0.25) is 0 Å². The Kier molecular flexibility index (Phi) is 6.35. The van der Waals surface area contributed by atoms with Crippen LogP contribution >= 0.6 is 0 Å². The van der Waals surface area contributed by atoms with Crippen LogP contribution in [0.25, 0.3) is 0 Å². The van der Waals surface area contributed by atoms with Gasteiger partial charge in [0.05, 0.1) is 26.4 Å². The maximum absolute atomic E-state index is 12.3. The maximum atomic E-state index is 12.3. The van der Waals surface area contributed by atoms with Crippen LogP contribution in [0.5, 0.6) is 0 Å². The van der Waals surface area contributed by atoms with Gasteiger partial charge in [-0.05, 0) is 31.5 Å². The van der Waals surface area contributed by atoms with E-state index in [2.05, 4.69) is 5.32 Å². The van der Waals surface area contributed by atoms with E-state index < -0.39 is 11.9 Å². The molecule has 8 nitrogen and oxygen atoms in total. The van der Waals surface area contributed by atoms with E-state index in [-0.39, 0.29) is 30.5 Å². The number of nitrogens with zero attached hydrogens (tertiary/aromatic N) is 1. The first kappa shape index (κ1) is 19.5. The van der Waals surface area contributed by atoms with Crippen LogP contribution in [0.1, 0.15) is 22.8 Å². The van der Waals surface area contributed by atoms with Gasteiger partial charge in [-0.15, -0.1) is 0 Å². The highest BCUT2D eigenvalue weighted by Gasteiger charge is 2.33. The van der Waals surface area contributed by atoms with Gasteiger partial charge in [-0.3, -0.25) is 4.79 Å². The van der Waals surface area contributed by atoms with Gasteiger partial charge in [-0.25, -0.2) is 9.59 Å². The fourth-order valence-corrected chi connectivity index (χ4v) is 2.75. The molecule has 1 amide bonds. The summed E-state index contributed by atoms with van der Waals surface area (Å²) in [6.07, 6.45) is 0. The fourth-order valence-electron chi connectivity index (χ4n) is 2.75. The molecule has 0 aliphatic carbocycles. The lowest BCUT2D eigenvalue weighted by Gasteiger charge is -2.32. The summed E-state index contributed by atoms with van der Waals surface area (Å²) < 4.78 is 15.0. The SMILES string of the molecule is CCNC(=O)c1cccc(N2COCC(C(=O)OC)=C2C(=O)OC)c1C. The van der Waals surface area contributed by atoms with Crippen molar-refractivity contribution < 1.29 is 28.6 Å². The van der Waals surface area contributed by atoms with E-state index in [0.29, 0.717) is 23.4 Å². The van der Waals surface area contributed by atoms with Crippen molar-refractivity contribution in [2.75, 3.05) is 39.0 Å². The molecule has 0 fully saturated rings. The summed E-state index contributed by atoms with van der Waals surface area (Å²) in [5.41, 5.74) is 1.79. The number of anilines is 1. The Morgan fingerprint density at radius 3 is 2.50 bits per heavy atom. The Morgan fingerprint density at radius 1 is 1.19 bits per heavy atom. The largest absolute Gasteiger partial charge is 0.466 e. The van der Waals surface area contributed by atoms with Gasteiger partial charge in [0.1, 0.15) is 12.4 Å². The van der Waals surface area contributed by atoms with Gasteiger partial charge in [0.25, 0.3) is 5.91 Å². The van der Waals surface area contributed by atoms with E-state index in [9.17, 15) is 14.4 Å². The summed E-state index contributed by atoms with van der Waals surface area (Å²) in [5.74, 6) is -1.58. The lowest BCUT2D eigenvalue weighted by atomic mass is 10.0. The van der Waals surface area contributed by atoms with Crippen LogP contribution in [0.4, 0.5) is 5.69 Å². The second-order valence-electron chi connectivity index (χ2n) is 5.53. The molecular weight excluding hydrogens is 340 g/mol. The van der Waals surface area contributed by atoms with E-state index in [4.69, 9.17) is 14.2 Å². The zero-order valence-electron chi connectivity index (χ0n) is 15.3. The minimum Gasteiger partial charge on any atom is -0.466 e.